The molecule has 8 rings (SSSR count). The Morgan fingerprint density at radius 3 is 1.96 bits per heavy atom. The monoisotopic (exact) mass is 674 g/mol. The number of ether oxygens (including phenoxy) is 7. The smallest absolute Gasteiger partial charge is 0.338 e. The van der Waals surface area contributed by atoms with Crippen LogP contribution in [0.4, 0.5) is 0 Å². The van der Waals surface area contributed by atoms with E-state index in [9.17, 15) is 19.5 Å². The van der Waals surface area contributed by atoms with Gasteiger partial charge in [-0.15, -0.1) is 0 Å². The molecule has 3 aliphatic heterocycles. The van der Waals surface area contributed by atoms with Crippen LogP contribution in [-0.4, -0.2) is 81.9 Å². The van der Waals surface area contributed by atoms with E-state index in [0.29, 0.717) is 17.6 Å². The Kier molecular flexibility index (Phi) is 6.96. The van der Waals surface area contributed by atoms with Gasteiger partial charge in [0.2, 0.25) is 0 Å². The number of hydrogen-bond donors (Lipinski definition) is 1. The van der Waals surface area contributed by atoms with Crippen molar-refractivity contribution in [2.24, 2.45) is 23.7 Å². The summed E-state index contributed by atoms with van der Waals surface area (Å²) in [7, 11) is 0. The van der Waals surface area contributed by atoms with E-state index in [-0.39, 0.29) is 11.5 Å². The fraction of sp³-hybridized carbons (Fsp3) is 0.553. The molecule has 3 saturated carbocycles. The standard InChI is InChI=1S/C38H42O11/c1-19(2)37-28-21(4)36(42)25-18-20(3)27(43-22(5)39)38(25)33(45-32(41)24-16-12-9-13-17-24)34(6,48-38)29(44-31(40)23-14-10-8-11-15-23)26(36)30(37)47-35(7,46-28)49-37/h8-17,20-21,25-30,33,42H,1,18H2,2-7H3. The Labute approximate surface area is 284 Å². The number of carbonyl (C=O) groups is 3. The van der Waals surface area contributed by atoms with Gasteiger partial charge in [0.25, 0.3) is 5.97 Å². The van der Waals surface area contributed by atoms with Crippen LogP contribution in [-0.2, 0) is 38.0 Å². The molecule has 3 saturated heterocycles. The molecule has 2 aromatic carbocycles. The molecule has 3 aliphatic carbocycles. The Balaban J connectivity index is 1.35. The summed E-state index contributed by atoms with van der Waals surface area (Å²) in [5, 5.41) is 13.6. The van der Waals surface area contributed by atoms with Crippen LogP contribution in [0.3, 0.4) is 0 Å². The van der Waals surface area contributed by atoms with E-state index in [0.717, 1.165) is 0 Å². The molecule has 4 bridgehead atoms. The molecule has 49 heavy (non-hydrogen) atoms. The van der Waals surface area contributed by atoms with Gasteiger partial charge in [-0.1, -0.05) is 56.8 Å². The highest BCUT2D eigenvalue weighted by atomic mass is 16.9. The largest absolute Gasteiger partial charge is 0.459 e. The lowest BCUT2D eigenvalue weighted by atomic mass is 9.53. The first kappa shape index (κ1) is 32.6. The molecule has 1 spiro atoms. The number of hydrogen-bond acceptors (Lipinski definition) is 11. The molecule has 0 amide bonds. The van der Waals surface area contributed by atoms with Gasteiger partial charge in [-0.2, -0.15) is 0 Å². The topological polar surface area (TPSA) is 136 Å². The van der Waals surface area contributed by atoms with Gasteiger partial charge < -0.3 is 38.3 Å². The second-order valence-corrected chi connectivity index (χ2v) is 15.1. The molecule has 0 radical (unpaired) electrons. The van der Waals surface area contributed by atoms with E-state index >= 15 is 0 Å². The highest BCUT2D eigenvalue weighted by Gasteiger charge is 2.90. The van der Waals surface area contributed by atoms with Crippen LogP contribution in [0, 0.1) is 23.7 Å². The van der Waals surface area contributed by atoms with Crippen molar-refractivity contribution in [1.82, 2.24) is 0 Å². The quantitative estimate of drug-likeness (QED) is 0.266. The van der Waals surface area contributed by atoms with Gasteiger partial charge in [-0.25, -0.2) is 9.59 Å². The SMILES string of the molecule is C=C(C)C12OC3(C)OC1C(C)C1(O)C(C(OC(=O)c4ccccc4)C4(C)OC5(C(OC(C)=O)C(C)CC15)C4OC(=O)c1ccccc1)C2O3. The van der Waals surface area contributed by atoms with Crippen LogP contribution in [0.25, 0.3) is 0 Å². The van der Waals surface area contributed by atoms with E-state index in [4.69, 9.17) is 33.2 Å². The number of carbonyl (C=O) groups excluding carboxylic acids is 3. The molecule has 3 heterocycles. The van der Waals surface area contributed by atoms with E-state index in [1.54, 1.807) is 74.5 Å². The van der Waals surface area contributed by atoms with Gasteiger partial charge >= 0.3 is 17.9 Å². The van der Waals surface area contributed by atoms with Crippen molar-refractivity contribution in [3.8, 4) is 0 Å². The van der Waals surface area contributed by atoms with Crippen molar-refractivity contribution in [1.29, 1.82) is 0 Å². The van der Waals surface area contributed by atoms with Gasteiger partial charge in [-0.05, 0) is 56.0 Å². The van der Waals surface area contributed by atoms with Gasteiger partial charge in [0, 0.05) is 25.7 Å². The molecule has 11 nitrogen and oxygen atoms in total. The zero-order valence-electron chi connectivity index (χ0n) is 28.4. The van der Waals surface area contributed by atoms with Crippen molar-refractivity contribution in [3.63, 3.8) is 0 Å². The van der Waals surface area contributed by atoms with Gasteiger partial charge in [0.15, 0.2) is 11.7 Å². The van der Waals surface area contributed by atoms with Crippen molar-refractivity contribution in [2.75, 3.05) is 0 Å². The summed E-state index contributed by atoms with van der Waals surface area (Å²) in [4.78, 5) is 40.6. The summed E-state index contributed by atoms with van der Waals surface area (Å²) < 4.78 is 45.6. The van der Waals surface area contributed by atoms with Gasteiger partial charge in [-0.3, -0.25) is 4.79 Å². The molecule has 11 heteroatoms. The Morgan fingerprint density at radius 2 is 1.39 bits per heavy atom. The molecule has 2 aromatic rings. The van der Waals surface area contributed by atoms with Crippen LogP contribution in [0.2, 0.25) is 0 Å². The summed E-state index contributed by atoms with van der Waals surface area (Å²) >= 11 is 0. The normalized spacial score (nSPS) is 46.8. The maximum absolute atomic E-state index is 14.0. The average molecular weight is 675 g/mol. The molecule has 6 fully saturated rings. The number of aliphatic hydroxyl groups is 1. The second kappa shape index (κ2) is 10.5. The van der Waals surface area contributed by atoms with Gasteiger partial charge in [0.1, 0.15) is 35.6 Å². The predicted octanol–water partition coefficient (Wildman–Crippen LogP) is 4.37. The minimum absolute atomic E-state index is 0.286. The van der Waals surface area contributed by atoms with E-state index in [1.165, 1.54) is 6.92 Å². The number of esters is 3. The molecule has 6 aliphatic rings. The molecule has 14 atom stereocenters. The Bertz CT molecular complexity index is 1730. The Hall–Kier alpha value is -3.61. The second-order valence-electron chi connectivity index (χ2n) is 15.1. The first-order valence-electron chi connectivity index (χ1n) is 17.0. The van der Waals surface area contributed by atoms with Crippen molar-refractivity contribution in [2.45, 2.75) is 107 Å². The fourth-order valence-electron chi connectivity index (χ4n) is 10.5. The minimum atomic E-state index is -1.74. The van der Waals surface area contributed by atoms with E-state index < -0.39 is 94.6 Å². The fourth-order valence-corrected chi connectivity index (χ4v) is 10.5. The highest BCUT2D eigenvalue weighted by Crippen LogP contribution is 2.73. The lowest BCUT2D eigenvalue weighted by molar-refractivity contribution is -0.388. The molecule has 1 N–H and O–H groups in total. The maximum atomic E-state index is 14.0. The van der Waals surface area contributed by atoms with Crippen molar-refractivity contribution in [3.05, 3.63) is 83.9 Å². The van der Waals surface area contributed by atoms with Crippen LogP contribution < -0.4 is 0 Å². The Morgan fingerprint density at radius 1 is 0.816 bits per heavy atom. The van der Waals surface area contributed by atoms with Gasteiger partial charge in [0.05, 0.1) is 22.6 Å². The zero-order valence-corrected chi connectivity index (χ0v) is 28.4. The molecular weight excluding hydrogens is 632 g/mol. The first-order chi connectivity index (χ1) is 23.1. The molecule has 14 unspecified atom stereocenters. The summed E-state index contributed by atoms with van der Waals surface area (Å²) in [6.45, 7) is 14.7. The van der Waals surface area contributed by atoms with Crippen LogP contribution in [0.5, 0.6) is 0 Å². The molecular formula is C38H42O11. The third kappa shape index (κ3) is 4.05. The van der Waals surface area contributed by atoms with Crippen LogP contribution in [0.15, 0.2) is 72.8 Å². The highest BCUT2D eigenvalue weighted by molar-refractivity contribution is 5.90. The van der Waals surface area contributed by atoms with E-state index in [1.807, 2.05) is 20.8 Å². The van der Waals surface area contributed by atoms with Crippen molar-refractivity contribution < 1.29 is 52.6 Å². The van der Waals surface area contributed by atoms with E-state index in [2.05, 4.69) is 6.58 Å². The minimum Gasteiger partial charge on any atom is -0.459 e. The third-order valence-electron chi connectivity index (χ3n) is 12.3. The molecule has 0 aromatic heterocycles. The summed E-state index contributed by atoms with van der Waals surface area (Å²) in [5.74, 6) is -6.04. The number of fused-ring (bicyclic) bond motifs is 5. The summed E-state index contributed by atoms with van der Waals surface area (Å²) in [6.07, 6.45) is -4.56. The average Bonchev–Trinajstić information content (AvgIpc) is 3.65. The molecule has 260 valence electrons. The predicted molar refractivity (Wildman–Crippen MR) is 171 cm³/mol. The third-order valence-corrected chi connectivity index (χ3v) is 12.3. The lowest BCUT2D eigenvalue weighted by Crippen LogP contribution is -2.80. The zero-order chi connectivity index (χ0) is 34.9. The summed E-state index contributed by atoms with van der Waals surface area (Å²) in [5.41, 5.74) is -4.76. The van der Waals surface area contributed by atoms with Crippen LogP contribution >= 0.6 is 0 Å². The first-order valence-corrected chi connectivity index (χ1v) is 17.0. The lowest BCUT2D eigenvalue weighted by Gasteiger charge is -2.62. The number of rotatable bonds is 6. The summed E-state index contributed by atoms with van der Waals surface area (Å²) in [6, 6.07) is 17.1. The number of benzene rings is 2. The maximum Gasteiger partial charge on any atom is 0.338 e. The van der Waals surface area contributed by atoms with Crippen molar-refractivity contribution >= 4 is 17.9 Å². The van der Waals surface area contributed by atoms with Crippen LogP contribution in [0.1, 0.15) is 68.7 Å².